The molecule has 16 heteroatoms. The lowest BCUT2D eigenvalue weighted by molar-refractivity contribution is -0.150. The summed E-state index contributed by atoms with van der Waals surface area (Å²) in [5.41, 5.74) is 1.92. The number of nitrogens with one attached hydrogen (secondary N) is 3. The van der Waals surface area contributed by atoms with E-state index in [1.807, 2.05) is 0 Å². The van der Waals surface area contributed by atoms with Gasteiger partial charge in [-0.05, 0) is 73.9 Å². The lowest BCUT2D eigenvalue weighted by atomic mass is 9.98. The average molecular weight is 801 g/mol. The number of aliphatic hydroxyl groups is 1. The molecule has 3 aliphatic rings. The van der Waals surface area contributed by atoms with Gasteiger partial charge in [-0.25, -0.2) is 0 Å². The van der Waals surface area contributed by atoms with Gasteiger partial charge in [-0.2, -0.15) is 0 Å². The second-order valence-corrected chi connectivity index (χ2v) is 14.8. The van der Waals surface area contributed by atoms with Crippen LogP contribution in [0.15, 0.2) is 66.7 Å². The zero-order valence-electron chi connectivity index (χ0n) is 34.0. The van der Waals surface area contributed by atoms with Crippen LogP contribution in [0, 0.1) is 0 Å². The van der Waals surface area contributed by atoms with Crippen LogP contribution in [-0.4, -0.2) is 133 Å². The molecule has 16 nitrogen and oxygen atoms in total. The number of ether oxygens (including phenoxy) is 3. The number of hydrogen-bond donors (Lipinski definition) is 4. The summed E-state index contributed by atoms with van der Waals surface area (Å²) >= 11 is 0. The lowest BCUT2D eigenvalue weighted by Crippen LogP contribution is -2.63. The minimum atomic E-state index is -1.53. The van der Waals surface area contributed by atoms with Crippen molar-refractivity contribution in [3.63, 3.8) is 0 Å². The highest BCUT2D eigenvalue weighted by Gasteiger charge is 2.40. The van der Waals surface area contributed by atoms with E-state index in [4.69, 9.17) is 14.2 Å². The fourth-order valence-corrected chi connectivity index (χ4v) is 7.01. The maximum atomic E-state index is 14.7. The van der Waals surface area contributed by atoms with Crippen molar-refractivity contribution < 1.29 is 48.1 Å². The molecule has 3 aromatic carbocycles. The Balaban J connectivity index is 1.60. The fourth-order valence-electron chi connectivity index (χ4n) is 7.01. The van der Waals surface area contributed by atoms with Gasteiger partial charge in [0.05, 0.1) is 20.3 Å². The van der Waals surface area contributed by atoms with Crippen LogP contribution in [0.25, 0.3) is 0 Å². The van der Waals surface area contributed by atoms with Gasteiger partial charge < -0.3 is 50.0 Å². The number of methoxy groups -OCH3 is 2. The van der Waals surface area contributed by atoms with E-state index in [1.165, 1.54) is 65.9 Å². The molecule has 0 aromatic heterocycles. The standard InChI is InChI=1S/C42H52N6O10/c1-23-37(50)45-36(25(3)49)42(55)47(5)31(19-26-9-14-29(56-7)15-10-26)39(52)44-24(2)40(53)48(6)33-20-27-11-16-30(17-12-27)58-35-22-28(13-18-34(35)57-8)21-32(38(51)43-23)46(4)41(33)54/h9-18,22-25,31-33,36,49H,19-21H2,1-8H3,(H,43,51)(H,44,52)(H,45,50). The summed E-state index contributed by atoms with van der Waals surface area (Å²) in [6, 6.07) is 11.4. The monoisotopic (exact) mass is 800 g/mol. The van der Waals surface area contributed by atoms with E-state index in [-0.39, 0.29) is 19.3 Å². The largest absolute Gasteiger partial charge is 0.497 e. The summed E-state index contributed by atoms with van der Waals surface area (Å²) in [6.45, 7) is 4.19. The third-order valence-corrected chi connectivity index (χ3v) is 10.7. The number of amides is 6. The molecule has 58 heavy (non-hydrogen) atoms. The first kappa shape index (κ1) is 43.0. The highest BCUT2D eigenvalue weighted by molar-refractivity contribution is 5.98. The highest BCUT2D eigenvalue weighted by Crippen LogP contribution is 2.34. The molecule has 3 heterocycles. The van der Waals surface area contributed by atoms with Crippen molar-refractivity contribution in [3.05, 3.63) is 83.4 Å². The van der Waals surface area contributed by atoms with Crippen molar-refractivity contribution in [2.75, 3.05) is 35.4 Å². The van der Waals surface area contributed by atoms with Crippen LogP contribution in [0.4, 0.5) is 0 Å². The van der Waals surface area contributed by atoms with Gasteiger partial charge in [0.2, 0.25) is 35.4 Å². The Morgan fingerprint density at radius 1 is 0.690 bits per heavy atom. The molecule has 1 saturated heterocycles. The second kappa shape index (κ2) is 18.4. The van der Waals surface area contributed by atoms with Gasteiger partial charge >= 0.3 is 0 Å². The lowest BCUT2D eigenvalue weighted by Gasteiger charge is -2.37. The van der Waals surface area contributed by atoms with Crippen LogP contribution >= 0.6 is 0 Å². The first-order chi connectivity index (χ1) is 27.5. The minimum absolute atomic E-state index is 0.00948. The number of carbonyl (C=O) groups is 6. The van der Waals surface area contributed by atoms with Gasteiger partial charge in [0.1, 0.15) is 47.8 Å². The highest BCUT2D eigenvalue weighted by atomic mass is 16.5. The molecule has 1 fully saturated rings. The van der Waals surface area contributed by atoms with Crippen molar-refractivity contribution in [3.8, 4) is 23.0 Å². The summed E-state index contributed by atoms with van der Waals surface area (Å²) in [4.78, 5) is 88.8. The SMILES string of the molecule is COc1ccc(CC2C(=O)NC(C)C(=O)N(C)C3Cc4ccc(cc4)Oc4cc(ccc4OC)CC(C(=O)NC(C)C(=O)NC(C(C)O)C(=O)N2C)N(C)C3=O)cc1. The van der Waals surface area contributed by atoms with Crippen LogP contribution in [0.1, 0.15) is 37.5 Å². The van der Waals surface area contributed by atoms with Crippen LogP contribution in [-0.2, 0) is 48.0 Å². The zero-order chi connectivity index (χ0) is 42.4. The fraction of sp³-hybridized carbons (Fsp3) is 0.429. The molecule has 0 radical (unpaired) electrons. The van der Waals surface area contributed by atoms with E-state index in [0.29, 0.717) is 39.7 Å². The zero-order valence-corrected chi connectivity index (χ0v) is 34.0. The van der Waals surface area contributed by atoms with Crippen LogP contribution in [0.5, 0.6) is 23.0 Å². The first-order valence-electron chi connectivity index (χ1n) is 19.0. The van der Waals surface area contributed by atoms with E-state index in [0.717, 1.165) is 4.90 Å². The van der Waals surface area contributed by atoms with E-state index >= 15 is 0 Å². The number of fused-ring (bicyclic) bond motifs is 2. The van der Waals surface area contributed by atoms with Crippen molar-refractivity contribution in [1.29, 1.82) is 0 Å². The Morgan fingerprint density at radius 2 is 1.29 bits per heavy atom. The van der Waals surface area contributed by atoms with Gasteiger partial charge in [0.15, 0.2) is 11.5 Å². The number of nitrogens with zero attached hydrogens (tertiary/aromatic N) is 3. The molecule has 7 atom stereocenters. The Labute approximate surface area is 337 Å². The molecule has 0 saturated carbocycles. The molecule has 6 bridgehead atoms. The number of carbonyl (C=O) groups excluding carboxylic acids is 6. The quantitative estimate of drug-likeness (QED) is 0.291. The van der Waals surface area contributed by atoms with Gasteiger partial charge in [-0.15, -0.1) is 0 Å². The number of rotatable bonds is 5. The number of likely N-dealkylation sites (N-methyl/N-ethyl adjacent to an activating group) is 3. The third kappa shape index (κ3) is 9.68. The van der Waals surface area contributed by atoms with E-state index < -0.39 is 77.8 Å². The number of hydrogen-bond acceptors (Lipinski definition) is 10. The van der Waals surface area contributed by atoms with Crippen molar-refractivity contribution in [1.82, 2.24) is 30.7 Å². The summed E-state index contributed by atoms with van der Waals surface area (Å²) in [6.07, 6.45) is -1.43. The van der Waals surface area contributed by atoms with E-state index in [9.17, 15) is 33.9 Å². The van der Waals surface area contributed by atoms with E-state index in [1.54, 1.807) is 66.7 Å². The van der Waals surface area contributed by atoms with Gasteiger partial charge in [-0.3, -0.25) is 28.8 Å². The number of aliphatic hydroxyl groups excluding tert-OH is 1. The van der Waals surface area contributed by atoms with Gasteiger partial charge in [-0.1, -0.05) is 30.3 Å². The van der Waals surface area contributed by atoms with Crippen molar-refractivity contribution in [2.45, 2.75) is 82.4 Å². The van der Waals surface area contributed by atoms with Crippen molar-refractivity contribution in [2.24, 2.45) is 0 Å². The Morgan fingerprint density at radius 3 is 1.91 bits per heavy atom. The topological polar surface area (TPSA) is 196 Å². The summed E-state index contributed by atoms with van der Waals surface area (Å²) in [5.74, 6) is -2.29. The summed E-state index contributed by atoms with van der Waals surface area (Å²) < 4.78 is 17.0. The Kier molecular flexibility index (Phi) is 13.6. The molecule has 3 aliphatic heterocycles. The predicted octanol–water partition coefficient (Wildman–Crippen LogP) is 1.21. The third-order valence-electron chi connectivity index (χ3n) is 10.7. The first-order valence-corrected chi connectivity index (χ1v) is 19.0. The molecular formula is C42H52N6O10. The summed E-state index contributed by atoms with van der Waals surface area (Å²) in [5, 5.41) is 18.7. The Hall–Kier alpha value is -6.16. The van der Waals surface area contributed by atoms with E-state index in [2.05, 4.69) is 16.0 Å². The Bertz CT molecular complexity index is 2010. The smallest absolute Gasteiger partial charge is 0.248 e. The minimum Gasteiger partial charge on any atom is -0.497 e. The maximum absolute atomic E-state index is 14.7. The molecule has 6 amide bonds. The maximum Gasteiger partial charge on any atom is 0.248 e. The van der Waals surface area contributed by atoms with Gasteiger partial charge in [0.25, 0.3) is 0 Å². The molecule has 310 valence electrons. The van der Waals surface area contributed by atoms with Crippen LogP contribution in [0.2, 0.25) is 0 Å². The average Bonchev–Trinajstić information content (AvgIpc) is 3.21. The molecule has 7 unspecified atom stereocenters. The molecule has 0 aliphatic carbocycles. The summed E-state index contributed by atoms with van der Waals surface area (Å²) in [7, 11) is 7.28. The molecular weight excluding hydrogens is 748 g/mol. The van der Waals surface area contributed by atoms with Crippen LogP contribution in [0.3, 0.4) is 0 Å². The molecule has 6 rings (SSSR count). The second-order valence-electron chi connectivity index (χ2n) is 14.8. The normalized spacial score (nSPS) is 24.5. The molecule has 0 spiro atoms. The number of benzene rings is 3. The predicted molar refractivity (Wildman–Crippen MR) is 212 cm³/mol. The molecule has 3 aromatic rings. The van der Waals surface area contributed by atoms with Crippen molar-refractivity contribution >= 4 is 35.4 Å². The van der Waals surface area contributed by atoms with Gasteiger partial charge in [0, 0.05) is 40.4 Å². The van der Waals surface area contributed by atoms with Crippen LogP contribution < -0.4 is 30.2 Å². The molecule has 4 N–H and O–H groups in total.